The van der Waals surface area contributed by atoms with E-state index < -0.39 is 6.10 Å². The molecule has 0 saturated carbocycles. The molecule has 21 heavy (non-hydrogen) atoms. The fourth-order valence-corrected chi connectivity index (χ4v) is 2.43. The monoisotopic (exact) mass is 296 g/mol. The van der Waals surface area contributed by atoms with Gasteiger partial charge < -0.3 is 10.0 Å². The lowest BCUT2D eigenvalue weighted by molar-refractivity contribution is 0.0714. The highest BCUT2D eigenvalue weighted by atomic mass is 19.1. The highest BCUT2D eigenvalue weighted by Crippen LogP contribution is 2.22. The van der Waals surface area contributed by atoms with Crippen molar-refractivity contribution in [3.05, 3.63) is 29.8 Å². The molecule has 1 aromatic heterocycles. The molecule has 3 nitrogen and oxygen atoms in total. The van der Waals surface area contributed by atoms with Crippen LogP contribution in [-0.4, -0.2) is 34.1 Å². The zero-order valence-electron chi connectivity index (χ0n) is 13.7. The van der Waals surface area contributed by atoms with Crippen LogP contribution in [0.25, 0.3) is 0 Å². The molecule has 0 saturated heterocycles. The third-order valence-corrected chi connectivity index (χ3v) is 4.13. The number of unbranched alkanes of at least 4 members (excludes halogenated alkanes) is 1. The number of aliphatic hydroxyl groups is 1. The summed E-state index contributed by atoms with van der Waals surface area (Å²) in [5.41, 5.74) is 0.545. The standard InChI is InChI=1S/C17H29FN2O/c1-5-7-10-20(14(4)6-2)12-13(3)17(21)16-9-8-15(18)11-19-16/h8-9,11,13-14,17,21H,5-7,10,12H2,1-4H3. The van der Waals surface area contributed by atoms with Gasteiger partial charge in [0, 0.05) is 18.5 Å². The van der Waals surface area contributed by atoms with Crippen molar-refractivity contribution < 1.29 is 9.50 Å². The second-order valence-corrected chi connectivity index (χ2v) is 5.93. The minimum absolute atomic E-state index is 0.0637. The summed E-state index contributed by atoms with van der Waals surface area (Å²) in [5.74, 6) is -0.309. The van der Waals surface area contributed by atoms with Gasteiger partial charge in [0.2, 0.25) is 0 Å². The third kappa shape index (κ3) is 5.71. The molecule has 1 aromatic rings. The minimum Gasteiger partial charge on any atom is -0.386 e. The molecular weight excluding hydrogens is 267 g/mol. The summed E-state index contributed by atoms with van der Waals surface area (Å²) in [5, 5.41) is 10.4. The number of hydrogen-bond donors (Lipinski definition) is 1. The molecule has 120 valence electrons. The van der Waals surface area contributed by atoms with Gasteiger partial charge in [-0.25, -0.2) is 4.39 Å². The molecule has 0 fully saturated rings. The van der Waals surface area contributed by atoms with Gasteiger partial charge in [-0.15, -0.1) is 0 Å². The fourth-order valence-electron chi connectivity index (χ4n) is 2.43. The van der Waals surface area contributed by atoms with Crippen molar-refractivity contribution in [1.29, 1.82) is 0 Å². The summed E-state index contributed by atoms with van der Waals surface area (Å²) in [4.78, 5) is 6.42. The molecule has 0 radical (unpaired) electrons. The molecule has 4 heteroatoms. The van der Waals surface area contributed by atoms with E-state index in [4.69, 9.17) is 0 Å². The first-order valence-corrected chi connectivity index (χ1v) is 8.03. The molecule has 0 spiro atoms. The summed E-state index contributed by atoms with van der Waals surface area (Å²) in [6.07, 6.45) is 3.94. The molecule has 1 rings (SSSR count). The average Bonchev–Trinajstić information content (AvgIpc) is 2.50. The fraction of sp³-hybridized carbons (Fsp3) is 0.706. The van der Waals surface area contributed by atoms with Crippen LogP contribution in [0.3, 0.4) is 0 Å². The Kier molecular flexibility index (Phi) is 7.83. The molecule has 0 amide bonds. The Bertz CT molecular complexity index is 396. The van der Waals surface area contributed by atoms with Crippen LogP contribution in [0.15, 0.2) is 18.3 Å². The maximum absolute atomic E-state index is 12.9. The number of hydrogen-bond acceptors (Lipinski definition) is 3. The maximum Gasteiger partial charge on any atom is 0.141 e. The predicted molar refractivity (Wildman–Crippen MR) is 84.6 cm³/mol. The van der Waals surface area contributed by atoms with Gasteiger partial charge >= 0.3 is 0 Å². The van der Waals surface area contributed by atoms with Gasteiger partial charge in [-0.05, 0) is 38.4 Å². The quantitative estimate of drug-likeness (QED) is 0.753. The van der Waals surface area contributed by atoms with Crippen molar-refractivity contribution in [3.63, 3.8) is 0 Å². The van der Waals surface area contributed by atoms with E-state index in [2.05, 4.69) is 30.7 Å². The van der Waals surface area contributed by atoms with Crippen molar-refractivity contribution in [2.75, 3.05) is 13.1 Å². The van der Waals surface area contributed by atoms with E-state index in [-0.39, 0.29) is 11.7 Å². The Labute approximate surface area is 128 Å². The highest BCUT2D eigenvalue weighted by Gasteiger charge is 2.22. The van der Waals surface area contributed by atoms with Crippen LogP contribution in [-0.2, 0) is 0 Å². The topological polar surface area (TPSA) is 36.4 Å². The summed E-state index contributed by atoms with van der Waals surface area (Å²) in [7, 11) is 0. The normalized spacial score (nSPS) is 16.0. The molecule has 1 N–H and O–H groups in total. The Morgan fingerprint density at radius 2 is 2.00 bits per heavy atom. The van der Waals surface area contributed by atoms with Gasteiger partial charge in [0.15, 0.2) is 0 Å². The molecule has 3 unspecified atom stereocenters. The van der Waals surface area contributed by atoms with Crippen LogP contribution >= 0.6 is 0 Å². The number of nitrogens with zero attached hydrogens (tertiary/aromatic N) is 2. The second kappa shape index (κ2) is 9.11. The predicted octanol–water partition coefficient (Wildman–Crippen LogP) is 3.79. The lowest BCUT2D eigenvalue weighted by Crippen LogP contribution is -2.38. The van der Waals surface area contributed by atoms with Crippen molar-refractivity contribution in [2.24, 2.45) is 5.92 Å². The third-order valence-electron chi connectivity index (χ3n) is 4.13. The van der Waals surface area contributed by atoms with E-state index in [9.17, 15) is 9.50 Å². The lowest BCUT2D eigenvalue weighted by atomic mass is 9.99. The van der Waals surface area contributed by atoms with Crippen LogP contribution in [0.4, 0.5) is 4.39 Å². The van der Waals surface area contributed by atoms with Crippen LogP contribution in [0, 0.1) is 11.7 Å². The first-order chi connectivity index (χ1) is 9.99. The van der Waals surface area contributed by atoms with E-state index in [1.807, 2.05) is 6.92 Å². The Morgan fingerprint density at radius 1 is 1.29 bits per heavy atom. The van der Waals surface area contributed by atoms with E-state index in [1.54, 1.807) is 6.07 Å². The van der Waals surface area contributed by atoms with Gasteiger partial charge in [0.05, 0.1) is 18.0 Å². The molecule has 0 aliphatic carbocycles. The van der Waals surface area contributed by atoms with Crippen LogP contribution in [0.1, 0.15) is 58.8 Å². The van der Waals surface area contributed by atoms with Gasteiger partial charge in [0.25, 0.3) is 0 Å². The van der Waals surface area contributed by atoms with Crippen molar-refractivity contribution in [1.82, 2.24) is 9.88 Å². The lowest BCUT2D eigenvalue weighted by Gasteiger charge is -2.32. The van der Waals surface area contributed by atoms with Gasteiger partial charge in [-0.2, -0.15) is 0 Å². The van der Waals surface area contributed by atoms with Crippen molar-refractivity contribution >= 4 is 0 Å². The minimum atomic E-state index is -0.654. The van der Waals surface area contributed by atoms with E-state index in [1.165, 1.54) is 18.9 Å². The zero-order valence-corrected chi connectivity index (χ0v) is 13.7. The Morgan fingerprint density at radius 3 is 2.52 bits per heavy atom. The zero-order chi connectivity index (χ0) is 15.8. The largest absolute Gasteiger partial charge is 0.386 e. The summed E-state index contributed by atoms with van der Waals surface area (Å²) in [6.45, 7) is 10.5. The molecule has 0 aliphatic heterocycles. The van der Waals surface area contributed by atoms with E-state index in [0.717, 1.165) is 25.7 Å². The van der Waals surface area contributed by atoms with Crippen molar-refractivity contribution in [2.45, 2.75) is 59.1 Å². The number of rotatable bonds is 9. The molecular formula is C17H29FN2O. The van der Waals surface area contributed by atoms with Gasteiger partial charge in [-0.1, -0.05) is 27.2 Å². The van der Waals surface area contributed by atoms with E-state index in [0.29, 0.717) is 11.7 Å². The summed E-state index contributed by atoms with van der Waals surface area (Å²) >= 11 is 0. The molecule has 0 aromatic carbocycles. The molecule has 3 atom stereocenters. The number of pyridine rings is 1. The summed E-state index contributed by atoms with van der Waals surface area (Å²) < 4.78 is 12.9. The van der Waals surface area contributed by atoms with Crippen LogP contribution in [0.5, 0.6) is 0 Å². The van der Waals surface area contributed by atoms with Crippen LogP contribution < -0.4 is 0 Å². The Balaban J connectivity index is 2.66. The number of aromatic nitrogens is 1. The highest BCUT2D eigenvalue weighted by molar-refractivity contribution is 5.08. The molecule has 0 bridgehead atoms. The van der Waals surface area contributed by atoms with Gasteiger partial charge in [-0.3, -0.25) is 4.98 Å². The SMILES string of the molecule is CCCCN(CC(C)C(O)c1ccc(F)cn1)C(C)CC. The first-order valence-electron chi connectivity index (χ1n) is 8.03. The smallest absolute Gasteiger partial charge is 0.141 e. The maximum atomic E-state index is 12.9. The average molecular weight is 296 g/mol. The molecule has 0 aliphatic rings. The second-order valence-electron chi connectivity index (χ2n) is 5.93. The van der Waals surface area contributed by atoms with Gasteiger partial charge in [0.1, 0.15) is 5.82 Å². The van der Waals surface area contributed by atoms with Crippen molar-refractivity contribution in [3.8, 4) is 0 Å². The first kappa shape index (κ1) is 18.1. The molecule has 1 heterocycles. The number of halogens is 1. The summed E-state index contributed by atoms with van der Waals surface area (Å²) in [6, 6.07) is 3.42. The van der Waals surface area contributed by atoms with E-state index >= 15 is 0 Å². The Hall–Kier alpha value is -1.00. The number of aliphatic hydroxyl groups excluding tert-OH is 1. The van der Waals surface area contributed by atoms with Crippen LogP contribution in [0.2, 0.25) is 0 Å².